The highest BCUT2D eigenvalue weighted by atomic mass is 32.2. The Hall–Kier alpha value is -1.81. The van der Waals surface area contributed by atoms with Crippen molar-refractivity contribution in [3.8, 4) is 11.4 Å². The minimum Gasteiger partial charge on any atom is -0.379 e. The van der Waals surface area contributed by atoms with Crippen LogP contribution in [0.5, 0.6) is 0 Å². The first kappa shape index (κ1) is 19.5. The predicted molar refractivity (Wildman–Crippen MR) is 104 cm³/mol. The van der Waals surface area contributed by atoms with Crippen LogP contribution in [0.1, 0.15) is 24.3 Å². The average molecular weight is 407 g/mol. The largest absolute Gasteiger partial charge is 0.379 e. The molecular weight excluding hydrogens is 380 g/mol. The number of benzene rings is 1. The van der Waals surface area contributed by atoms with Crippen molar-refractivity contribution >= 4 is 10.2 Å². The normalized spacial score (nSPS) is 22.4. The fourth-order valence-electron chi connectivity index (χ4n) is 3.86. The maximum atomic E-state index is 12.9. The van der Waals surface area contributed by atoms with Crippen LogP contribution in [0.25, 0.3) is 11.4 Å². The third-order valence-corrected chi connectivity index (χ3v) is 7.42. The topological polar surface area (TPSA) is 88.8 Å². The third kappa shape index (κ3) is 4.12. The van der Waals surface area contributed by atoms with E-state index in [2.05, 4.69) is 10.1 Å². The molecule has 0 bridgehead atoms. The molecule has 2 aliphatic rings. The van der Waals surface area contributed by atoms with Crippen molar-refractivity contribution in [2.24, 2.45) is 5.92 Å². The summed E-state index contributed by atoms with van der Waals surface area (Å²) in [4.78, 5) is 4.54. The fourth-order valence-corrected chi connectivity index (χ4v) is 5.56. The van der Waals surface area contributed by atoms with Gasteiger partial charge < -0.3 is 9.26 Å². The van der Waals surface area contributed by atoms with Crippen LogP contribution >= 0.6 is 0 Å². The quantitative estimate of drug-likeness (QED) is 0.753. The number of hydrogen-bond donors (Lipinski definition) is 0. The number of rotatable bonds is 5. The SMILES string of the molecule is Cc1ccccc1-c1noc(C[C@H]2CCCN(S(=O)(=O)N3CCOCC3)C2)n1. The molecule has 0 radical (unpaired) electrons. The molecule has 0 aliphatic carbocycles. The van der Waals surface area contributed by atoms with Crippen molar-refractivity contribution in [3.05, 3.63) is 35.7 Å². The fraction of sp³-hybridized carbons (Fsp3) is 0.579. The zero-order valence-corrected chi connectivity index (χ0v) is 16.9. The van der Waals surface area contributed by atoms with Crippen LogP contribution < -0.4 is 0 Å². The molecule has 152 valence electrons. The minimum atomic E-state index is -3.43. The van der Waals surface area contributed by atoms with Gasteiger partial charge in [0.15, 0.2) is 0 Å². The van der Waals surface area contributed by atoms with Gasteiger partial charge in [0.25, 0.3) is 10.2 Å². The van der Waals surface area contributed by atoms with Gasteiger partial charge in [-0.1, -0.05) is 29.4 Å². The first-order valence-corrected chi connectivity index (χ1v) is 11.2. The Morgan fingerprint density at radius 3 is 2.71 bits per heavy atom. The Morgan fingerprint density at radius 2 is 1.93 bits per heavy atom. The highest BCUT2D eigenvalue weighted by Gasteiger charge is 2.35. The second-order valence-electron chi connectivity index (χ2n) is 7.42. The van der Waals surface area contributed by atoms with E-state index in [4.69, 9.17) is 9.26 Å². The maximum Gasteiger partial charge on any atom is 0.282 e. The molecule has 1 aromatic carbocycles. The number of piperidine rings is 1. The first-order chi connectivity index (χ1) is 13.5. The second kappa shape index (κ2) is 8.28. The van der Waals surface area contributed by atoms with Crippen molar-refractivity contribution in [3.63, 3.8) is 0 Å². The van der Waals surface area contributed by atoms with Crippen LogP contribution in [0.4, 0.5) is 0 Å². The monoisotopic (exact) mass is 406 g/mol. The predicted octanol–water partition coefficient (Wildman–Crippen LogP) is 1.88. The molecule has 1 aromatic heterocycles. The van der Waals surface area contributed by atoms with E-state index in [1.54, 1.807) is 4.31 Å². The van der Waals surface area contributed by atoms with Crippen LogP contribution in [0.2, 0.25) is 0 Å². The molecule has 8 nitrogen and oxygen atoms in total. The summed E-state index contributed by atoms with van der Waals surface area (Å²) in [6, 6.07) is 7.92. The van der Waals surface area contributed by atoms with E-state index in [-0.39, 0.29) is 5.92 Å². The third-order valence-electron chi connectivity index (χ3n) is 5.42. The van der Waals surface area contributed by atoms with E-state index < -0.39 is 10.2 Å². The van der Waals surface area contributed by atoms with Gasteiger partial charge in [0.1, 0.15) is 0 Å². The summed E-state index contributed by atoms with van der Waals surface area (Å²) >= 11 is 0. The van der Waals surface area contributed by atoms with E-state index in [9.17, 15) is 8.42 Å². The zero-order valence-electron chi connectivity index (χ0n) is 16.1. The van der Waals surface area contributed by atoms with Crippen LogP contribution in [0.3, 0.4) is 0 Å². The molecule has 0 amide bonds. The van der Waals surface area contributed by atoms with E-state index in [0.29, 0.717) is 57.5 Å². The summed E-state index contributed by atoms with van der Waals surface area (Å²) in [6.45, 7) is 4.83. The number of hydrogen-bond acceptors (Lipinski definition) is 6. The van der Waals surface area contributed by atoms with E-state index in [1.807, 2.05) is 31.2 Å². The summed E-state index contributed by atoms with van der Waals surface area (Å²) < 4.78 is 39.7. The van der Waals surface area contributed by atoms with Gasteiger partial charge in [0, 0.05) is 38.2 Å². The Balaban J connectivity index is 1.42. The van der Waals surface area contributed by atoms with Gasteiger partial charge in [-0.3, -0.25) is 0 Å². The molecule has 2 aromatic rings. The molecule has 2 saturated heterocycles. The van der Waals surface area contributed by atoms with Gasteiger partial charge in [-0.2, -0.15) is 22.0 Å². The van der Waals surface area contributed by atoms with Gasteiger partial charge in [0.05, 0.1) is 13.2 Å². The van der Waals surface area contributed by atoms with Gasteiger partial charge in [-0.05, 0) is 31.2 Å². The molecular formula is C19H26N4O4S. The number of aromatic nitrogens is 2. The van der Waals surface area contributed by atoms with Crippen molar-refractivity contribution in [2.75, 3.05) is 39.4 Å². The van der Waals surface area contributed by atoms with Gasteiger partial charge >= 0.3 is 0 Å². The highest BCUT2D eigenvalue weighted by Crippen LogP contribution is 2.26. The van der Waals surface area contributed by atoms with E-state index in [1.165, 1.54) is 4.31 Å². The molecule has 3 heterocycles. The Morgan fingerprint density at radius 1 is 1.14 bits per heavy atom. The first-order valence-electron chi connectivity index (χ1n) is 9.75. The smallest absolute Gasteiger partial charge is 0.282 e. The van der Waals surface area contributed by atoms with Crippen molar-refractivity contribution in [1.29, 1.82) is 0 Å². The number of ether oxygens (including phenoxy) is 1. The van der Waals surface area contributed by atoms with Crippen LogP contribution in [-0.2, 0) is 21.4 Å². The lowest BCUT2D eigenvalue weighted by atomic mass is 9.96. The van der Waals surface area contributed by atoms with E-state index >= 15 is 0 Å². The Kier molecular flexibility index (Phi) is 5.77. The molecule has 28 heavy (non-hydrogen) atoms. The molecule has 9 heteroatoms. The zero-order chi connectivity index (χ0) is 19.6. The van der Waals surface area contributed by atoms with Crippen molar-refractivity contribution in [1.82, 2.24) is 18.8 Å². The molecule has 1 atom stereocenters. The van der Waals surface area contributed by atoms with Gasteiger partial charge in [-0.15, -0.1) is 0 Å². The van der Waals surface area contributed by atoms with Crippen molar-refractivity contribution in [2.45, 2.75) is 26.2 Å². The van der Waals surface area contributed by atoms with Crippen LogP contribution in [-0.4, -0.2) is 66.6 Å². The van der Waals surface area contributed by atoms with Gasteiger partial charge in [-0.25, -0.2) is 0 Å². The average Bonchev–Trinajstić information content (AvgIpc) is 3.17. The summed E-state index contributed by atoms with van der Waals surface area (Å²) in [5.41, 5.74) is 2.05. The summed E-state index contributed by atoms with van der Waals surface area (Å²) in [6.07, 6.45) is 2.39. The molecule has 2 fully saturated rings. The standard InChI is InChI=1S/C19H26N4O4S/c1-15-5-2-3-7-17(15)19-20-18(27-21-19)13-16-6-4-8-23(14-16)28(24,25)22-9-11-26-12-10-22/h2-3,5,7,16H,4,6,8-14H2,1H3/t16-/m1/s1. The maximum absolute atomic E-state index is 12.9. The lowest BCUT2D eigenvalue weighted by Gasteiger charge is -2.36. The highest BCUT2D eigenvalue weighted by molar-refractivity contribution is 7.86. The number of aryl methyl sites for hydroxylation is 1. The van der Waals surface area contributed by atoms with Crippen molar-refractivity contribution < 1.29 is 17.7 Å². The molecule has 0 spiro atoms. The molecule has 2 aliphatic heterocycles. The van der Waals surface area contributed by atoms with E-state index in [0.717, 1.165) is 24.0 Å². The lowest BCUT2D eigenvalue weighted by molar-refractivity contribution is 0.0690. The van der Waals surface area contributed by atoms with Crippen LogP contribution in [0, 0.1) is 12.8 Å². The number of nitrogens with zero attached hydrogens (tertiary/aromatic N) is 4. The Bertz CT molecular complexity index is 908. The summed E-state index contributed by atoms with van der Waals surface area (Å²) in [5.74, 6) is 1.32. The van der Waals surface area contributed by atoms with Crippen LogP contribution in [0.15, 0.2) is 28.8 Å². The summed E-state index contributed by atoms with van der Waals surface area (Å²) in [5, 5.41) is 4.11. The molecule has 0 saturated carbocycles. The molecule has 0 unspecified atom stereocenters. The lowest BCUT2D eigenvalue weighted by Crippen LogP contribution is -2.51. The molecule has 0 N–H and O–H groups in total. The second-order valence-corrected chi connectivity index (χ2v) is 9.34. The minimum absolute atomic E-state index is 0.176. The molecule has 4 rings (SSSR count). The summed E-state index contributed by atoms with van der Waals surface area (Å²) in [7, 11) is -3.43. The Labute approximate surface area is 165 Å². The number of morpholine rings is 1. The van der Waals surface area contributed by atoms with Gasteiger partial charge in [0.2, 0.25) is 11.7 Å².